The summed E-state index contributed by atoms with van der Waals surface area (Å²) in [5.41, 5.74) is 2.22. The number of amides is 1. The third-order valence-electron chi connectivity index (χ3n) is 6.65. The van der Waals surface area contributed by atoms with Crippen LogP contribution in [0.3, 0.4) is 0 Å². The minimum atomic E-state index is -0.104. The molecule has 32 heavy (non-hydrogen) atoms. The Labute approximate surface area is 190 Å². The maximum absolute atomic E-state index is 12.6. The Hall–Kier alpha value is -2.89. The number of carbonyl (C=O) groups is 1. The van der Waals surface area contributed by atoms with Crippen LogP contribution in [0, 0.1) is 5.92 Å². The van der Waals surface area contributed by atoms with Gasteiger partial charge >= 0.3 is 0 Å². The number of rotatable bonds is 8. The Balaban J connectivity index is 1.46. The molecule has 2 aliphatic rings. The minimum Gasteiger partial charge on any atom is -0.493 e. The van der Waals surface area contributed by atoms with Crippen molar-refractivity contribution >= 4 is 5.91 Å². The van der Waals surface area contributed by atoms with Crippen LogP contribution in [-0.2, 0) is 11.2 Å². The van der Waals surface area contributed by atoms with Crippen LogP contribution < -0.4 is 24.3 Å². The average molecular weight is 440 g/mol. The van der Waals surface area contributed by atoms with Crippen LogP contribution in [0.15, 0.2) is 36.4 Å². The molecule has 6 nitrogen and oxygen atoms in total. The molecule has 1 aliphatic carbocycles. The lowest BCUT2D eigenvalue weighted by Gasteiger charge is -2.30. The first-order chi connectivity index (χ1) is 15.6. The molecule has 6 heteroatoms. The molecule has 0 radical (unpaired) electrons. The number of methoxy groups -OCH3 is 3. The van der Waals surface area contributed by atoms with Crippen molar-refractivity contribution in [2.24, 2.45) is 5.92 Å². The van der Waals surface area contributed by atoms with E-state index in [9.17, 15) is 4.79 Å². The summed E-state index contributed by atoms with van der Waals surface area (Å²) >= 11 is 0. The van der Waals surface area contributed by atoms with E-state index in [0.717, 1.165) is 41.9 Å². The fourth-order valence-electron chi connectivity index (χ4n) is 4.85. The predicted octanol–water partition coefficient (Wildman–Crippen LogP) is 4.50. The molecule has 1 aliphatic heterocycles. The maximum Gasteiger partial charge on any atom is 0.223 e. The first kappa shape index (κ1) is 22.3. The van der Waals surface area contributed by atoms with Crippen molar-refractivity contribution < 1.29 is 23.7 Å². The number of nitrogens with one attached hydrogen (secondary N) is 1. The van der Waals surface area contributed by atoms with Crippen molar-refractivity contribution in [1.82, 2.24) is 5.32 Å². The van der Waals surface area contributed by atoms with Crippen molar-refractivity contribution in [3.8, 4) is 23.0 Å². The van der Waals surface area contributed by atoms with Gasteiger partial charge in [0.25, 0.3) is 0 Å². The topological polar surface area (TPSA) is 66.0 Å². The fourth-order valence-corrected chi connectivity index (χ4v) is 4.85. The molecule has 0 bridgehead atoms. The Morgan fingerprint density at radius 1 is 0.875 bits per heavy atom. The first-order valence-corrected chi connectivity index (χ1v) is 11.4. The Bertz CT molecular complexity index is 938. The number of hydrogen-bond acceptors (Lipinski definition) is 5. The number of hydrogen-bond donors (Lipinski definition) is 1. The molecule has 4 rings (SSSR count). The lowest BCUT2D eigenvalue weighted by atomic mass is 9.82. The summed E-state index contributed by atoms with van der Waals surface area (Å²) in [5.74, 6) is 3.17. The summed E-state index contributed by atoms with van der Waals surface area (Å²) < 4.78 is 22.6. The van der Waals surface area contributed by atoms with E-state index in [1.165, 1.54) is 12.8 Å². The van der Waals surface area contributed by atoms with Crippen LogP contribution >= 0.6 is 0 Å². The molecule has 1 saturated carbocycles. The van der Waals surface area contributed by atoms with Crippen molar-refractivity contribution in [1.29, 1.82) is 0 Å². The van der Waals surface area contributed by atoms with Crippen molar-refractivity contribution in [2.45, 2.75) is 50.5 Å². The highest BCUT2D eigenvalue weighted by molar-refractivity contribution is 5.80. The van der Waals surface area contributed by atoms with Gasteiger partial charge in [-0.2, -0.15) is 0 Å². The van der Waals surface area contributed by atoms with E-state index < -0.39 is 0 Å². The molecule has 2 fully saturated rings. The zero-order valence-electron chi connectivity index (χ0n) is 19.2. The Morgan fingerprint density at radius 3 is 2.28 bits per heavy atom. The molecular weight excluding hydrogens is 406 g/mol. The van der Waals surface area contributed by atoms with Gasteiger partial charge in [0.2, 0.25) is 5.91 Å². The molecular formula is C26H33NO5. The number of piperidine rings is 1. The van der Waals surface area contributed by atoms with Gasteiger partial charge < -0.3 is 24.3 Å². The van der Waals surface area contributed by atoms with Crippen LogP contribution in [-0.4, -0.2) is 39.9 Å². The molecule has 0 unspecified atom stereocenters. The van der Waals surface area contributed by atoms with Gasteiger partial charge in [-0.25, -0.2) is 0 Å². The number of ether oxygens (including phenoxy) is 4. The monoisotopic (exact) mass is 439 g/mol. The molecule has 1 heterocycles. The molecule has 1 N–H and O–H groups in total. The second kappa shape index (κ2) is 10.2. The van der Waals surface area contributed by atoms with Gasteiger partial charge in [-0.05, 0) is 73.9 Å². The molecule has 2 aromatic rings. The third kappa shape index (κ3) is 4.95. The van der Waals surface area contributed by atoms with Crippen molar-refractivity contribution in [3.05, 3.63) is 47.5 Å². The van der Waals surface area contributed by atoms with Gasteiger partial charge in [0.05, 0.1) is 27.4 Å². The van der Waals surface area contributed by atoms with Crippen LogP contribution in [0.25, 0.3) is 0 Å². The third-order valence-corrected chi connectivity index (χ3v) is 6.65. The van der Waals surface area contributed by atoms with Gasteiger partial charge in [-0.3, -0.25) is 4.79 Å². The second-order valence-corrected chi connectivity index (χ2v) is 8.70. The molecule has 1 saturated heterocycles. The predicted molar refractivity (Wildman–Crippen MR) is 123 cm³/mol. The zero-order valence-corrected chi connectivity index (χ0v) is 19.2. The molecule has 172 valence electrons. The summed E-state index contributed by atoms with van der Waals surface area (Å²) in [7, 11) is 4.94. The molecule has 1 amide bonds. The Morgan fingerprint density at radius 2 is 1.56 bits per heavy atom. The van der Waals surface area contributed by atoms with Gasteiger partial charge in [-0.1, -0.05) is 12.1 Å². The number of carbonyl (C=O) groups excluding carboxylic acids is 1. The van der Waals surface area contributed by atoms with E-state index in [2.05, 4.69) is 17.4 Å². The van der Waals surface area contributed by atoms with E-state index in [-0.39, 0.29) is 23.8 Å². The van der Waals surface area contributed by atoms with Crippen LogP contribution in [0.2, 0.25) is 0 Å². The molecule has 2 atom stereocenters. The highest BCUT2D eigenvalue weighted by atomic mass is 16.5. The summed E-state index contributed by atoms with van der Waals surface area (Å²) in [6.07, 6.45) is 6.38. The van der Waals surface area contributed by atoms with Gasteiger partial charge in [0.1, 0.15) is 0 Å². The van der Waals surface area contributed by atoms with Gasteiger partial charge in [-0.15, -0.1) is 0 Å². The highest BCUT2D eigenvalue weighted by Gasteiger charge is 2.30. The van der Waals surface area contributed by atoms with Gasteiger partial charge in [0.15, 0.2) is 23.0 Å². The normalized spacial score (nSPS) is 21.2. The smallest absolute Gasteiger partial charge is 0.223 e. The zero-order chi connectivity index (χ0) is 22.5. The van der Waals surface area contributed by atoms with Crippen molar-refractivity contribution in [2.75, 3.05) is 27.9 Å². The van der Waals surface area contributed by atoms with Crippen LogP contribution in [0.5, 0.6) is 23.0 Å². The fraction of sp³-hybridized carbons (Fsp3) is 0.500. The quantitative estimate of drug-likeness (QED) is 0.656. The lowest BCUT2D eigenvalue weighted by Crippen LogP contribution is -2.41. The van der Waals surface area contributed by atoms with Crippen LogP contribution in [0.1, 0.15) is 49.1 Å². The summed E-state index contributed by atoms with van der Waals surface area (Å²) in [5, 5.41) is 3.09. The summed E-state index contributed by atoms with van der Waals surface area (Å²) in [4.78, 5) is 12.6. The average Bonchev–Trinajstić information content (AvgIpc) is 3.34. The molecule has 2 aromatic carbocycles. The second-order valence-electron chi connectivity index (χ2n) is 8.70. The van der Waals surface area contributed by atoms with E-state index in [4.69, 9.17) is 18.9 Å². The standard InChI is InChI=1S/C26H33NO5/c1-29-22-11-9-18(15-25(22)31-3)20-14-19(26(28)27-16-20)12-17-8-10-23(24(13-17)30-2)32-21-6-4-5-7-21/h8-11,13,15,19-21H,4-7,12,14,16H2,1-3H3,(H,27,28)/t19-,20+/m0/s1. The summed E-state index contributed by atoms with van der Waals surface area (Å²) in [6.45, 7) is 0.627. The van der Waals surface area contributed by atoms with E-state index in [1.807, 2.05) is 24.3 Å². The largest absolute Gasteiger partial charge is 0.493 e. The lowest BCUT2D eigenvalue weighted by molar-refractivity contribution is -0.126. The first-order valence-electron chi connectivity index (χ1n) is 11.4. The van der Waals surface area contributed by atoms with Gasteiger partial charge in [0, 0.05) is 18.4 Å². The van der Waals surface area contributed by atoms with Crippen LogP contribution in [0.4, 0.5) is 0 Å². The number of benzene rings is 2. The van der Waals surface area contributed by atoms with E-state index >= 15 is 0 Å². The van der Waals surface area contributed by atoms with E-state index in [1.54, 1.807) is 21.3 Å². The van der Waals surface area contributed by atoms with E-state index in [0.29, 0.717) is 24.5 Å². The van der Waals surface area contributed by atoms with Crippen molar-refractivity contribution in [3.63, 3.8) is 0 Å². The molecule has 0 aromatic heterocycles. The SMILES string of the molecule is COc1ccc([C@H]2CNC(=O)[C@@H](Cc3ccc(OC4CCCC4)c(OC)c3)C2)cc1OC. The molecule has 0 spiro atoms. The Kier molecular flexibility index (Phi) is 7.08. The maximum atomic E-state index is 12.6. The summed E-state index contributed by atoms with van der Waals surface area (Å²) in [6, 6.07) is 12.0. The highest BCUT2D eigenvalue weighted by Crippen LogP contribution is 2.36. The minimum absolute atomic E-state index is 0.104.